The molecule has 0 fully saturated rings. The number of ether oxygens (including phenoxy) is 1. The van der Waals surface area contributed by atoms with Crippen molar-refractivity contribution >= 4 is 21.6 Å². The number of rotatable bonds is 6. The van der Waals surface area contributed by atoms with Crippen LogP contribution in [0, 0.1) is 0 Å². The second-order valence-corrected chi connectivity index (χ2v) is 6.65. The number of sulfonamides is 1. The Morgan fingerprint density at radius 3 is 2.50 bits per heavy atom. The summed E-state index contributed by atoms with van der Waals surface area (Å²) < 4.78 is 30.7. The van der Waals surface area contributed by atoms with Gasteiger partial charge in [0.05, 0.1) is 7.11 Å². The minimum Gasteiger partial charge on any atom is -0.495 e. The van der Waals surface area contributed by atoms with Crippen LogP contribution in [0.25, 0.3) is 0 Å². The zero-order valence-electron chi connectivity index (χ0n) is 13.0. The number of anilines is 1. The number of allylic oxidation sites excluding steroid dienone is 3. The lowest BCUT2D eigenvalue weighted by Crippen LogP contribution is -2.23. The largest absolute Gasteiger partial charge is 0.495 e. The van der Waals surface area contributed by atoms with E-state index in [0.29, 0.717) is 5.69 Å². The normalized spacial score (nSPS) is 12.2. The summed E-state index contributed by atoms with van der Waals surface area (Å²) in [5.41, 5.74) is 0.372. The maximum Gasteiger partial charge on any atom is 0.248 e. The number of amides is 1. The van der Waals surface area contributed by atoms with Crippen molar-refractivity contribution in [2.75, 3.05) is 26.5 Å². The third kappa shape index (κ3) is 4.44. The number of hydrogen-bond acceptors (Lipinski definition) is 4. The van der Waals surface area contributed by atoms with E-state index in [0.717, 1.165) is 4.31 Å². The predicted octanol–water partition coefficient (Wildman–Crippen LogP) is 2.02. The van der Waals surface area contributed by atoms with Gasteiger partial charge in [0.15, 0.2) is 0 Å². The number of nitrogens with zero attached hydrogens (tertiary/aromatic N) is 1. The lowest BCUT2D eigenvalue weighted by Gasteiger charge is -2.15. The van der Waals surface area contributed by atoms with Crippen molar-refractivity contribution in [1.29, 1.82) is 0 Å². The summed E-state index contributed by atoms with van der Waals surface area (Å²) in [5, 5.41) is 2.61. The summed E-state index contributed by atoms with van der Waals surface area (Å²) in [5.74, 6) is -0.132. The van der Waals surface area contributed by atoms with Gasteiger partial charge in [0.2, 0.25) is 15.9 Å². The van der Waals surface area contributed by atoms with Crippen molar-refractivity contribution in [3.8, 4) is 5.75 Å². The van der Waals surface area contributed by atoms with Crippen LogP contribution in [0.1, 0.15) is 6.92 Å². The van der Waals surface area contributed by atoms with Gasteiger partial charge < -0.3 is 10.1 Å². The van der Waals surface area contributed by atoms with Crippen molar-refractivity contribution in [3.63, 3.8) is 0 Å². The first-order valence-electron chi connectivity index (χ1n) is 6.54. The molecule has 1 aromatic rings. The molecule has 0 atom stereocenters. The van der Waals surface area contributed by atoms with Crippen LogP contribution in [0.15, 0.2) is 47.4 Å². The second kappa shape index (κ2) is 7.77. The summed E-state index contributed by atoms with van der Waals surface area (Å²) in [4.78, 5) is 11.7. The van der Waals surface area contributed by atoms with E-state index in [-0.39, 0.29) is 16.6 Å². The first-order valence-corrected chi connectivity index (χ1v) is 7.98. The predicted molar refractivity (Wildman–Crippen MR) is 86.5 cm³/mol. The Labute approximate surface area is 131 Å². The Balaban J connectivity index is 3.13. The molecule has 0 heterocycles. The second-order valence-electron chi connectivity index (χ2n) is 4.53. The molecule has 0 unspecified atom stereocenters. The van der Waals surface area contributed by atoms with Gasteiger partial charge in [-0.05, 0) is 25.1 Å². The summed E-state index contributed by atoms with van der Waals surface area (Å²) in [6.45, 7) is 1.84. The van der Waals surface area contributed by atoms with Crippen LogP contribution in [-0.2, 0) is 14.8 Å². The van der Waals surface area contributed by atoms with Gasteiger partial charge in [-0.15, -0.1) is 0 Å². The van der Waals surface area contributed by atoms with Gasteiger partial charge in [-0.2, -0.15) is 0 Å². The van der Waals surface area contributed by atoms with Crippen LogP contribution >= 0.6 is 0 Å². The van der Waals surface area contributed by atoms with E-state index < -0.39 is 10.0 Å². The number of nitrogens with one attached hydrogen (secondary N) is 1. The molecule has 1 N–H and O–H groups in total. The van der Waals surface area contributed by atoms with E-state index in [1.54, 1.807) is 24.3 Å². The molecule has 0 bridgehead atoms. The Bertz CT molecular complexity index is 691. The molecule has 7 heteroatoms. The molecule has 0 aliphatic heterocycles. The molecule has 120 valence electrons. The smallest absolute Gasteiger partial charge is 0.248 e. The van der Waals surface area contributed by atoms with Crippen LogP contribution in [0.4, 0.5) is 5.69 Å². The molecule has 1 rings (SSSR count). The van der Waals surface area contributed by atoms with E-state index in [1.807, 2.05) is 6.92 Å². The summed E-state index contributed by atoms with van der Waals surface area (Å²) in [6.07, 6.45) is 6.45. The van der Waals surface area contributed by atoms with E-state index in [1.165, 1.54) is 39.4 Å². The van der Waals surface area contributed by atoms with E-state index in [4.69, 9.17) is 4.74 Å². The molecule has 0 saturated carbocycles. The van der Waals surface area contributed by atoms with Gasteiger partial charge in [-0.1, -0.05) is 18.2 Å². The highest BCUT2D eigenvalue weighted by Crippen LogP contribution is 2.28. The fraction of sp³-hybridized carbons (Fsp3) is 0.267. The highest BCUT2D eigenvalue weighted by molar-refractivity contribution is 7.89. The molecule has 0 aromatic heterocycles. The minimum atomic E-state index is -3.67. The molecule has 0 aliphatic carbocycles. The molecule has 1 amide bonds. The topological polar surface area (TPSA) is 75.7 Å². The van der Waals surface area contributed by atoms with Crippen LogP contribution in [0.2, 0.25) is 0 Å². The van der Waals surface area contributed by atoms with Gasteiger partial charge >= 0.3 is 0 Å². The first kappa shape index (κ1) is 17.9. The fourth-order valence-electron chi connectivity index (χ4n) is 1.59. The standard InChI is InChI=1S/C15H20N2O4S/c1-5-6-7-8-15(18)16-12-9-10-13(21-4)14(11-12)22(19,20)17(2)3/h5-11H,1-4H3,(H,16,18)/b6-5+,8-7+. The van der Waals surface area contributed by atoms with Crippen molar-refractivity contribution in [2.45, 2.75) is 11.8 Å². The zero-order valence-corrected chi connectivity index (χ0v) is 13.8. The Kier molecular flexibility index (Phi) is 6.33. The van der Waals surface area contributed by atoms with Crippen molar-refractivity contribution in [3.05, 3.63) is 42.5 Å². The molecule has 22 heavy (non-hydrogen) atoms. The average Bonchev–Trinajstić information content (AvgIpc) is 2.47. The monoisotopic (exact) mass is 324 g/mol. The molecule has 0 saturated heterocycles. The number of carbonyl (C=O) groups is 1. The molecule has 0 aliphatic rings. The average molecular weight is 324 g/mol. The number of benzene rings is 1. The Hall–Kier alpha value is -2.12. The fourth-order valence-corrected chi connectivity index (χ4v) is 2.67. The summed E-state index contributed by atoms with van der Waals surface area (Å²) >= 11 is 0. The van der Waals surface area contributed by atoms with Gasteiger partial charge in [0, 0.05) is 25.9 Å². The number of hydrogen-bond donors (Lipinski definition) is 1. The van der Waals surface area contributed by atoms with Crippen LogP contribution in [-0.4, -0.2) is 39.8 Å². The molecule has 0 spiro atoms. The van der Waals surface area contributed by atoms with E-state index >= 15 is 0 Å². The van der Waals surface area contributed by atoms with Gasteiger partial charge in [0.25, 0.3) is 0 Å². The maximum absolute atomic E-state index is 12.3. The van der Waals surface area contributed by atoms with Gasteiger partial charge in [-0.25, -0.2) is 12.7 Å². The summed E-state index contributed by atoms with van der Waals surface area (Å²) in [7, 11) is 0.581. The van der Waals surface area contributed by atoms with Crippen molar-refractivity contribution in [2.24, 2.45) is 0 Å². The minimum absolute atomic E-state index is 0.00441. The molecular formula is C15H20N2O4S. The Morgan fingerprint density at radius 1 is 1.27 bits per heavy atom. The van der Waals surface area contributed by atoms with Crippen molar-refractivity contribution < 1.29 is 17.9 Å². The first-order chi connectivity index (χ1) is 10.3. The molecule has 0 radical (unpaired) electrons. The van der Waals surface area contributed by atoms with Crippen molar-refractivity contribution in [1.82, 2.24) is 4.31 Å². The lowest BCUT2D eigenvalue weighted by molar-refractivity contribution is -0.111. The quantitative estimate of drug-likeness (QED) is 0.641. The SMILES string of the molecule is C/C=C/C=C/C(=O)Nc1ccc(OC)c(S(=O)(=O)N(C)C)c1. The van der Waals surface area contributed by atoms with Gasteiger partial charge in [-0.3, -0.25) is 4.79 Å². The molecular weight excluding hydrogens is 304 g/mol. The third-order valence-electron chi connectivity index (χ3n) is 2.74. The molecule has 1 aromatic carbocycles. The number of methoxy groups -OCH3 is 1. The van der Waals surface area contributed by atoms with Gasteiger partial charge in [0.1, 0.15) is 10.6 Å². The Morgan fingerprint density at radius 2 is 1.95 bits per heavy atom. The third-order valence-corrected chi connectivity index (χ3v) is 4.58. The lowest BCUT2D eigenvalue weighted by atomic mass is 10.3. The highest BCUT2D eigenvalue weighted by atomic mass is 32.2. The van der Waals surface area contributed by atoms with E-state index in [2.05, 4.69) is 5.32 Å². The highest BCUT2D eigenvalue weighted by Gasteiger charge is 2.22. The van der Waals surface area contributed by atoms with E-state index in [9.17, 15) is 13.2 Å². The zero-order chi connectivity index (χ0) is 16.8. The number of carbonyl (C=O) groups excluding carboxylic acids is 1. The van der Waals surface area contributed by atoms with Crippen LogP contribution in [0.3, 0.4) is 0 Å². The maximum atomic E-state index is 12.3. The van der Waals surface area contributed by atoms with Crippen LogP contribution < -0.4 is 10.1 Å². The summed E-state index contributed by atoms with van der Waals surface area (Å²) in [6, 6.07) is 4.45. The van der Waals surface area contributed by atoms with Crippen LogP contribution in [0.5, 0.6) is 5.75 Å². The molecule has 6 nitrogen and oxygen atoms in total.